The van der Waals surface area contributed by atoms with Gasteiger partial charge in [-0.15, -0.1) is 0 Å². The second-order valence-corrected chi connectivity index (χ2v) is 6.10. The van der Waals surface area contributed by atoms with Gasteiger partial charge in [0.05, 0.1) is 6.54 Å². The van der Waals surface area contributed by atoms with Gasteiger partial charge >= 0.3 is 6.18 Å². The second-order valence-electron chi connectivity index (χ2n) is 6.10. The fourth-order valence-electron chi connectivity index (χ4n) is 2.83. The van der Waals surface area contributed by atoms with E-state index in [4.69, 9.17) is 0 Å². The van der Waals surface area contributed by atoms with Crippen LogP contribution in [0.5, 0.6) is 0 Å². The minimum absolute atomic E-state index is 0.120. The molecule has 1 amide bonds. The lowest BCUT2D eigenvalue weighted by molar-refractivity contribution is -0.148. The van der Waals surface area contributed by atoms with E-state index in [0.717, 1.165) is 6.42 Å². The predicted molar refractivity (Wildman–Crippen MR) is 83.4 cm³/mol. The number of benzene rings is 1. The Hall–Kier alpha value is -1.56. The zero-order valence-electron chi connectivity index (χ0n) is 13.3. The number of hydrogen-bond acceptors (Lipinski definition) is 2. The van der Waals surface area contributed by atoms with Gasteiger partial charge in [-0.2, -0.15) is 13.2 Å². The molecule has 6 heteroatoms. The Bertz CT molecular complexity index is 506. The SMILES string of the molecule is CCc1ccc(C(=O)NCC2CCN(CC(F)(F)F)CC2)cc1. The summed E-state index contributed by atoms with van der Waals surface area (Å²) in [6.07, 6.45) is -1.83. The van der Waals surface area contributed by atoms with Crippen LogP contribution >= 0.6 is 0 Å². The number of alkyl halides is 3. The molecule has 1 heterocycles. The van der Waals surface area contributed by atoms with Gasteiger partial charge in [-0.3, -0.25) is 9.69 Å². The molecule has 0 bridgehead atoms. The van der Waals surface area contributed by atoms with Gasteiger partial charge in [0.25, 0.3) is 5.91 Å². The summed E-state index contributed by atoms with van der Waals surface area (Å²) in [5.41, 5.74) is 1.80. The molecule has 3 nitrogen and oxygen atoms in total. The number of amides is 1. The highest BCUT2D eigenvalue weighted by Crippen LogP contribution is 2.22. The summed E-state index contributed by atoms with van der Waals surface area (Å²) in [6.45, 7) is 2.61. The average Bonchev–Trinajstić information content (AvgIpc) is 2.52. The quantitative estimate of drug-likeness (QED) is 0.900. The Kier molecular flexibility index (Phi) is 6.04. The van der Waals surface area contributed by atoms with E-state index >= 15 is 0 Å². The molecule has 23 heavy (non-hydrogen) atoms. The molecule has 1 N–H and O–H groups in total. The number of rotatable bonds is 5. The Morgan fingerprint density at radius 3 is 2.35 bits per heavy atom. The van der Waals surface area contributed by atoms with Crippen LogP contribution in [0, 0.1) is 5.92 Å². The summed E-state index contributed by atoms with van der Waals surface area (Å²) in [7, 11) is 0. The predicted octanol–water partition coefficient (Wildman–Crippen LogP) is 3.25. The summed E-state index contributed by atoms with van der Waals surface area (Å²) in [6, 6.07) is 7.48. The fraction of sp³-hybridized carbons (Fsp3) is 0.588. The van der Waals surface area contributed by atoms with Crippen molar-refractivity contribution < 1.29 is 18.0 Å². The summed E-state index contributed by atoms with van der Waals surface area (Å²) in [5, 5.41) is 2.89. The lowest BCUT2D eigenvalue weighted by Gasteiger charge is -2.32. The summed E-state index contributed by atoms with van der Waals surface area (Å²) < 4.78 is 37.0. The maximum Gasteiger partial charge on any atom is 0.401 e. The van der Waals surface area contributed by atoms with Crippen LogP contribution in [0.15, 0.2) is 24.3 Å². The van der Waals surface area contributed by atoms with Gasteiger partial charge in [0, 0.05) is 12.1 Å². The third-order valence-electron chi connectivity index (χ3n) is 4.29. The van der Waals surface area contributed by atoms with Crippen molar-refractivity contribution >= 4 is 5.91 Å². The average molecular weight is 328 g/mol. The number of nitrogens with zero attached hydrogens (tertiary/aromatic N) is 1. The molecule has 0 aliphatic carbocycles. The number of carbonyl (C=O) groups is 1. The zero-order chi connectivity index (χ0) is 16.9. The molecule has 1 fully saturated rings. The van der Waals surface area contributed by atoms with Crippen molar-refractivity contribution in [2.45, 2.75) is 32.4 Å². The Morgan fingerprint density at radius 2 is 1.83 bits per heavy atom. The molecular weight excluding hydrogens is 305 g/mol. The van der Waals surface area contributed by atoms with Gasteiger partial charge < -0.3 is 5.32 Å². The number of halogens is 3. The van der Waals surface area contributed by atoms with Crippen LogP contribution in [0.3, 0.4) is 0 Å². The van der Waals surface area contributed by atoms with Crippen LogP contribution in [-0.2, 0) is 6.42 Å². The normalized spacial score (nSPS) is 17.2. The van der Waals surface area contributed by atoms with Gasteiger partial charge in [-0.05, 0) is 56.0 Å². The molecule has 1 aromatic carbocycles. The Labute approximate surface area is 134 Å². The minimum Gasteiger partial charge on any atom is -0.352 e. The van der Waals surface area contributed by atoms with Crippen LogP contribution < -0.4 is 5.32 Å². The number of aryl methyl sites for hydroxylation is 1. The van der Waals surface area contributed by atoms with E-state index in [-0.39, 0.29) is 11.8 Å². The monoisotopic (exact) mass is 328 g/mol. The zero-order valence-corrected chi connectivity index (χ0v) is 13.3. The minimum atomic E-state index is -4.13. The highest BCUT2D eigenvalue weighted by molar-refractivity contribution is 5.94. The van der Waals surface area contributed by atoms with Crippen molar-refractivity contribution in [1.29, 1.82) is 0 Å². The number of piperidine rings is 1. The van der Waals surface area contributed by atoms with E-state index in [1.54, 1.807) is 12.1 Å². The molecule has 1 aliphatic rings. The van der Waals surface area contributed by atoms with Gasteiger partial charge in [0.15, 0.2) is 0 Å². The summed E-state index contributed by atoms with van der Waals surface area (Å²) >= 11 is 0. The lowest BCUT2D eigenvalue weighted by atomic mass is 9.96. The molecule has 1 aromatic rings. The largest absolute Gasteiger partial charge is 0.401 e. The first-order chi connectivity index (χ1) is 10.9. The maximum absolute atomic E-state index is 12.3. The third-order valence-corrected chi connectivity index (χ3v) is 4.29. The number of carbonyl (C=O) groups excluding carboxylic acids is 1. The molecule has 1 aliphatic heterocycles. The van der Waals surface area contributed by atoms with Crippen molar-refractivity contribution in [3.63, 3.8) is 0 Å². The van der Waals surface area contributed by atoms with Crippen molar-refractivity contribution in [2.24, 2.45) is 5.92 Å². The lowest BCUT2D eigenvalue weighted by Crippen LogP contribution is -2.42. The maximum atomic E-state index is 12.3. The molecule has 0 unspecified atom stereocenters. The third kappa shape index (κ3) is 5.86. The Balaban J connectivity index is 1.73. The summed E-state index contributed by atoms with van der Waals surface area (Å²) in [5.74, 6) is 0.128. The molecule has 0 radical (unpaired) electrons. The number of nitrogens with one attached hydrogen (secondary N) is 1. The second kappa shape index (κ2) is 7.81. The van der Waals surface area contributed by atoms with E-state index in [9.17, 15) is 18.0 Å². The first kappa shape index (κ1) is 17.8. The van der Waals surface area contributed by atoms with Gasteiger partial charge in [0.2, 0.25) is 0 Å². The first-order valence-electron chi connectivity index (χ1n) is 8.03. The molecule has 0 spiro atoms. The van der Waals surface area contributed by atoms with E-state index < -0.39 is 12.7 Å². The smallest absolute Gasteiger partial charge is 0.352 e. The topological polar surface area (TPSA) is 32.3 Å². The molecule has 128 valence electrons. The molecule has 0 saturated carbocycles. The van der Waals surface area contributed by atoms with Crippen LogP contribution in [0.25, 0.3) is 0 Å². The Morgan fingerprint density at radius 1 is 1.22 bits per heavy atom. The van der Waals surface area contributed by atoms with Crippen LogP contribution in [0.1, 0.15) is 35.7 Å². The molecule has 2 rings (SSSR count). The van der Waals surface area contributed by atoms with Crippen LogP contribution in [-0.4, -0.2) is 43.2 Å². The van der Waals surface area contributed by atoms with E-state index in [1.807, 2.05) is 12.1 Å². The molecule has 0 aromatic heterocycles. The van der Waals surface area contributed by atoms with Crippen molar-refractivity contribution in [2.75, 3.05) is 26.2 Å². The van der Waals surface area contributed by atoms with E-state index in [0.29, 0.717) is 38.0 Å². The first-order valence-corrected chi connectivity index (χ1v) is 8.03. The van der Waals surface area contributed by atoms with E-state index in [2.05, 4.69) is 12.2 Å². The van der Waals surface area contributed by atoms with Crippen LogP contribution in [0.4, 0.5) is 13.2 Å². The van der Waals surface area contributed by atoms with Crippen molar-refractivity contribution in [3.8, 4) is 0 Å². The van der Waals surface area contributed by atoms with Gasteiger partial charge in [0.1, 0.15) is 0 Å². The van der Waals surface area contributed by atoms with Gasteiger partial charge in [-0.1, -0.05) is 19.1 Å². The van der Waals surface area contributed by atoms with Crippen molar-refractivity contribution in [3.05, 3.63) is 35.4 Å². The highest BCUT2D eigenvalue weighted by Gasteiger charge is 2.32. The number of hydrogen-bond donors (Lipinski definition) is 1. The standard InChI is InChI=1S/C17H23F3N2O/c1-2-13-3-5-15(6-4-13)16(23)21-11-14-7-9-22(10-8-14)12-17(18,19)20/h3-6,14H,2,7-12H2,1H3,(H,21,23). The van der Waals surface area contributed by atoms with Crippen LogP contribution in [0.2, 0.25) is 0 Å². The number of likely N-dealkylation sites (tertiary alicyclic amines) is 1. The summed E-state index contributed by atoms with van der Waals surface area (Å²) in [4.78, 5) is 13.5. The fourth-order valence-corrected chi connectivity index (χ4v) is 2.83. The molecular formula is C17H23F3N2O. The van der Waals surface area contributed by atoms with Crippen molar-refractivity contribution in [1.82, 2.24) is 10.2 Å². The highest BCUT2D eigenvalue weighted by atomic mass is 19.4. The van der Waals surface area contributed by atoms with Gasteiger partial charge in [-0.25, -0.2) is 0 Å². The van der Waals surface area contributed by atoms with E-state index in [1.165, 1.54) is 10.5 Å². The molecule has 1 saturated heterocycles. The molecule has 0 atom stereocenters.